The number of hydrazine groups is 1. The van der Waals surface area contributed by atoms with Crippen LogP contribution in [-0.4, -0.2) is 21.2 Å². The molecule has 0 atom stereocenters. The Bertz CT molecular complexity index is 1070. The van der Waals surface area contributed by atoms with E-state index in [2.05, 4.69) is 26.4 Å². The van der Waals surface area contributed by atoms with Crippen molar-refractivity contribution >= 4 is 39.7 Å². The van der Waals surface area contributed by atoms with E-state index in [-0.39, 0.29) is 16.5 Å². The molecule has 0 fully saturated rings. The van der Waals surface area contributed by atoms with Crippen LogP contribution >= 0.6 is 12.2 Å². The molecule has 0 aliphatic rings. The third kappa shape index (κ3) is 3.64. The summed E-state index contributed by atoms with van der Waals surface area (Å²) in [5, 5.41) is 8.99. The van der Waals surface area contributed by atoms with Crippen LogP contribution in [0.1, 0.15) is 10.5 Å². The van der Waals surface area contributed by atoms with E-state index in [1.165, 1.54) is 0 Å². The molecule has 1 amide bonds. The second kappa shape index (κ2) is 7.23. The van der Waals surface area contributed by atoms with E-state index in [1.807, 2.05) is 0 Å². The van der Waals surface area contributed by atoms with Crippen LogP contribution in [0.4, 0.5) is 14.5 Å². The summed E-state index contributed by atoms with van der Waals surface area (Å²) < 4.78 is 26.4. The highest BCUT2D eigenvalue weighted by Gasteiger charge is 2.14. The van der Waals surface area contributed by atoms with E-state index in [9.17, 15) is 18.4 Å². The Labute approximate surface area is 150 Å². The maximum absolute atomic E-state index is 13.6. The van der Waals surface area contributed by atoms with E-state index < -0.39 is 23.1 Å². The van der Waals surface area contributed by atoms with Crippen molar-refractivity contribution < 1.29 is 13.6 Å². The van der Waals surface area contributed by atoms with Gasteiger partial charge in [-0.05, 0) is 30.4 Å². The Morgan fingerprint density at radius 2 is 1.81 bits per heavy atom. The van der Waals surface area contributed by atoms with Crippen molar-refractivity contribution in [3.05, 3.63) is 70.1 Å². The molecule has 0 saturated carbocycles. The number of amides is 1. The molecule has 1 heterocycles. The van der Waals surface area contributed by atoms with Crippen LogP contribution in [0.25, 0.3) is 10.8 Å². The van der Waals surface area contributed by atoms with Gasteiger partial charge in [-0.25, -0.2) is 13.9 Å². The van der Waals surface area contributed by atoms with Crippen LogP contribution in [0.15, 0.2) is 47.3 Å². The minimum atomic E-state index is -0.839. The molecule has 0 bridgehead atoms. The van der Waals surface area contributed by atoms with Crippen LogP contribution in [0.2, 0.25) is 0 Å². The average molecular weight is 375 g/mol. The van der Waals surface area contributed by atoms with Gasteiger partial charge in [-0.15, -0.1) is 0 Å². The molecule has 2 aromatic carbocycles. The predicted molar refractivity (Wildman–Crippen MR) is 95.5 cm³/mol. The van der Waals surface area contributed by atoms with Gasteiger partial charge in [-0.3, -0.25) is 20.4 Å². The number of hydrogen-bond acceptors (Lipinski definition) is 4. The third-order valence-corrected chi connectivity index (χ3v) is 3.58. The first-order valence-electron chi connectivity index (χ1n) is 7.25. The second-order valence-corrected chi connectivity index (χ2v) is 5.51. The van der Waals surface area contributed by atoms with E-state index >= 15 is 0 Å². The smallest absolute Gasteiger partial charge is 0.290 e. The van der Waals surface area contributed by atoms with Gasteiger partial charge in [0.25, 0.3) is 11.5 Å². The maximum Gasteiger partial charge on any atom is 0.290 e. The minimum Gasteiger partial charge on any atom is -0.329 e. The van der Waals surface area contributed by atoms with Crippen molar-refractivity contribution in [2.75, 3.05) is 5.32 Å². The largest absolute Gasteiger partial charge is 0.329 e. The summed E-state index contributed by atoms with van der Waals surface area (Å²) in [7, 11) is 0. The number of carbonyl (C=O) groups excluding carboxylic acids is 1. The monoisotopic (exact) mass is 375 g/mol. The minimum absolute atomic E-state index is 0.0246. The Balaban J connectivity index is 1.70. The Hall–Kier alpha value is -3.40. The Morgan fingerprint density at radius 3 is 2.54 bits per heavy atom. The van der Waals surface area contributed by atoms with E-state index in [4.69, 9.17) is 12.2 Å². The highest BCUT2D eigenvalue weighted by Crippen LogP contribution is 2.15. The van der Waals surface area contributed by atoms with Gasteiger partial charge in [0.05, 0.1) is 11.1 Å². The number of aromatic amines is 1. The zero-order chi connectivity index (χ0) is 18.7. The molecule has 0 spiro atoms. The zero-order valence-corrected chi connectivity index (χ0v) is 13.8. The van der Waals surface area contributed by atoms with E-state index in [0.29, 0.717) is 16.8 Å². The lowest BCUT2D eigenvalue weighted by atomic mass is 10.1. The average Bonchev–Trinajstić information content (AvgIpc) is 2.63. The molecule has 0 unspecified atom stereocenters. The molecule has 132 valence electrons. The van der Waals surface area contributed by atoms with Crippen LogP contribution in [0.5, 0.6) is 0 Å². The van der Waals surface area contributed by atoms with Crippen LogP contribution < -0.4 is 21.7 Å². The first-order valence-corrected chi connectivity index (χ1v) is 7.66. The maximum atomic E-state index is 13.6. The quantitative estimate of drug-likeness (QED) is 0.403. The number of halogens is 2. The topological polar surface area (TPSA) is 98.9 Å². The standard InChI is InChI=1S/C16H11F2N5O2S/c17-8-5-6-12(11(18)7-8)19-16(26)23-22-15(25)13-9-3-1-2-4-10(9)14(24)21-20-13/h1-7H,(H,21,24)(H,22,25)(H2,19,23,26). The van der Waals surface area contributed by atoms with Gasteiger partial charge in [0.15, 0.2) is 10.8 Å². The van der Waals surface area contributed by atoms with Gasteiger partial charge in [-0.2, -0.15) is 5.10 Å². The number of anilines is 1. The molecule has 3 rings (SSSR count). The first kappa shape index (κ1) is 17.4. The number of H-pyrrole nitrogens is 1. The van der Waals surface area contributed by atoms with Crippen LogP contribution in [0, 0.1) is 11.6 Å². The fraction of sp³-hybridized carbons (Fsp3) is 0. The van der Waals surface area contributed by atoms with Gasteiger partial charge in [0.2, 0.25) is 0 Å². The number of nitrogens with zero attached hydrogens (tertiary/aromatic N) is 1. The highest BCUT2D eigenvalue weighted by molar-refractivity contribution is 7.80. The molecule has 7 nitrogen and oxygen atoms in total. The van der Waals surface area contributed by atoms with Crippen molar-refractivity contribution in [2.24, 2.45) is 0 Å². The second-order valence-electron chi connectivity index (χ2n) is 5.10. The summed E-state index contributed by atoms with van der Waals surface area (Å²) in [5.41, 5.74) is 4.16. The zero-order valence-electron chi connectivity index (χ0n) is 13.0. The molecule has 1 aromatic heterocycles. The molecule has 3 aromatic rings. The molecule has 0 radical (unpaired) electrons. The fourth-order valence-electron chi connectivity index (χ4n) is 2.20. The third-order valence-electron chi connectivity index (χ3n) is 3.38. The molecular formula is C16H11F2N5O2S. The molecular weight excluding hydrogens is 364 g/mol. The number of rotatable bonds is 2. The number of benzene rings is 2. The van der Waals surface area contributed by atoms with Crippen LogP contribution in [-0.2, 0) is 0 Å². The molecule has 0 aliphatic heterocycles. The lowest BCUT2D eigenvalue weighted by Crippen LogP contribution is -2.44. The van der Waals surface area contributed by atoms with Gasteiger partial charge in [-0.1, -0.05) is 18.2 Å². The Kier molecular flexibility index (Phi) is 4.85. The summed E-state index contributed by atoms with van der Waals surface area (Å²) in [6, 6.07) is 9.38. The number of thiocarbonyl (C=S) groups is 1. The highest BCUT2D eigenvalue weighted by atomic mass is 32.1. The van der Waals surface area contributed by atoms with E-state index in [1.54, 1.807) is 24.3 Å². The molecule has 10 heteroatoms. The SMILES string of the molecule is O=C(NNC(=S)Nc1ccc(F)cc1F)c1n[nH]c(=O)c2ccccc12. The lowest BCUT2D eigenvalue weighted by molar-refractivity contribution is 0.0940. The summed E-state index contributed by atoms with van der Waals surface area (Å²) >= 11 is 4.94. The first-order chi connectivity index (χ1) is 12.5. The van der Waals surface area contributed by atoms with E-state index in [0.717, 1.165) is 12.1 Å². The summed E-state index contributed by atoms with van der Waals surface area (Å²) in [6.07, 6.45) is 0. The van der Waals surface area contributed by atoms with Gasteiger partial charge >= 0.3 is 0 Å². The van der Waals surface area contributed by atoms with Gasteiger partial charge < -0.3 is 5.32 Å². The fourth-order valence-corrected chi connectivity index (χ4v) is 2.37. The summed E-state index contributed by atoms with van der Waals surface area (Å²) in [5.74, 6) is -2.23. The van der Waals surface area contributed by atoms with Crippen molar-refractivity contribution in [1.82, 2.24) is 21.0 Å². The number of hydrogen-bond donors (Lipinski definition) is 4. The normalized spacial score (nSPS) is 10.4. The molecule has 0 aliphatic carbocycles. The number of fused-ring (bicyclic) bond motifs is 1. The van der Waals surface area contributed by atoms with Crippen molar-refractivity contribution in [2.45, 2.75) is 0 Å². The molecule has 4 N–H and O–H groups in total. The Morgan fingerprint density at radius 1 is 1.08 bits per heavy atom. The van der Waals surface area contributed by atoms with Crippen molar-refractivity contribution in [3.63, 3.8) is 0 Å². The van der Waals surface area contributed by atoms with Crippen molar-refractivity contribution in [3.8, 4) is 0 Å². The molecule has 26 heavy (non-hydrogen) atoms. The number of carbonyl (C=O) groups is 1. The lowest BCUT2D eigenvalue weighted by Gasteiger charge is -2.12. The molecule has 0 saturated heterocycles. The van der Waals surface area contributed by atoms with Crippen molar-refractivity contribution in [1.29, 1.82) is 0 Å². The summed E-state index contributed by atoms with van der Waals surface area (Å²) in [6.45, 7) is 0. The number of nitrogens with one attached hydrogen (secondary N) is 4. The summed E-state index contributed by atoms with van der Waals surface area (Å²) in [4.78, 5) is 24.0. The number of aromatic nitrogens is 2. The van der Waals surface area contributed by atoms with Crippen LogP contribution in [0.3, 0.4) is 0 Å². The predicted octanol–water partition coefficient (Wildman–Crippen LogP) is 1.83. The van der Waals surface area contributed by atoms with Gasteiger partial charge in [0, 0.05) is 11.5 Å². The van der Waals surface area contributed by atoms with Gasteiger partial charge in [0.1, 0.15) is 11.6 Å².